The van der Waals surface area contributed by atoms with Crippen LogP contribution in [0, 0.1) is 11.8 Å². The van der Waals surface area contributed by atoms with Crippen LogP contribution in [-0.4, -0.2) is 18.4 Å². The first kappa shape index (κ1) is 11.4. The maximum absolute atomic E-state index is 11.1. The van der Waals surface area contributed by atoms with Gasteiger partial charge in [0.15, 0.2) is 5.66 Å². The van der Waals surface area contributed by atoms with Crippen LogP contribution in [-0.2, 0) is 0 Å². The molecule has 1 unspecified atom stereocenters. The highest BCUT2D eigenvalue weighted by Crippen LogP contribution is 2.07. The molecule has 2 N–H and O–H groups in total. The van der Waals surface area contributed by atoms with Crippen molar-refractivity contribution >= 4 is 0 Å². The molecule has 0 aromatic rings. The molecule has 0 radical (unpaired) electrons. The monoisotopic (exact) mass is 172 g/mol. The molecule has 0 heterocycles. The lowest BCUT2D eigenvalue weighted by atomic mass is 10.1. The van der Waals surface area contributed by atoms with Gasteiger partial charge in [0.2, 0.25) is 0 Å². The Balaban J connectivity index is 4.37. The van der Waals surface area contributed by atoms with Crippen molar-refractivity contribution in [1.82, 2.24) is 5.32 Å². The lowest BCUT2D eigenvalue weighted by molar-refractivity contribution is -0.886. The molecule has 0 amide bonds. The second-order valence-corrected chi connectivity index (χ2v) is 3.99. The van der Waals surface area contributed by atoms with Gasteiger partial charge in [0.1, 0.15) is 0 Å². The van der Waals surface area contributed by atoms with Gasteiger partial charge < -0.3 is 10.3 Å². The van der Waals surface area contributed by atoms with Crippen molar-refractivity contribution in [1.29, 1.82) is 0 Å². The summed E-state index contributed by atoms with van der Waals surface area (Å²) in [5, 5.41) is 14.2. The zero-order valence-electron chi connectivity index (χ0n) is 8.43. The first-order valence-electron chi connectivity index (χ1n) is 3.94. The molecule has 0 aromatic heterocycles. The molecule has 0 aromatic carbocycles. The molecule has 0 saturated carbocycles. The average molecular weight is 172 g/mol. The van der Waals surface area contributed by atoms with Gasteiger partial charge in [-0.15, -0.1) is 0 Å². The largest absolute Gasteiger partial charge is 0.633 e. The van der Waals surface area contributed by atoms with Crippen LogP contribution in [0.5, 0.6) is 0 Å². The fraction of sp³-hybridized carbons (Fsp3) is 0.875. The number of hydrogen-bond acceptors (Lipinski definition) is 2. The zero-order chi connectivity index (χ0) is 9.99. The highest BCUT2D eigenvalue weighted by molar-refractivity contribution is 4.92. The Morgan fingerprint density at radius 3 is 2.00 bits per heavy atom. The van der Waals surface area contributed by atoms with Gasteiger partial charge in [-0.1, -0.05) is 4.85 Å². The molecule has 70 valence electrons. The van der Waals surface area contributed by atoms with Gasteiger partial charge >= 0.3 is 5.66 Å². The summed E-state index contributed by atoms with van der Waals surface area (Å²) >= 11 is 0. The molecule has 1 atom stereocenters. The first-order valence-corrected chi connectivity index (χ1v) is 3.94. The van der Waals surface area contributed by atoms with E-state index in [1.54, 1.807) is 7.05 Å². The summed E-state index contributed by atoms with van der Waals surface area (Å²) in [5.74, 6) is 0. The molecule has 4 nitrogen and oxygen atoms in total. The SMILES string of the molecule is C#[N+]C(C)(C)NC(C)(C)[NH+](C)[O-]. The van der Waals surface area contributed by atoms with Crippen molar-refractivity contribution in [3.8, 4) is 6.57 Å². The van der Waals surface area contributed by atoms with Crippen molar-refractivity contribution in [2.75, 3.05) is 7.05 Å². The van der Waals surface area contributed by atoms with Gasteiger partial charge in [0.05, 0.1) is 7.05 Å². The number of rotatable bonds is 3. The van der Waals surface area contributed by atoms with Gasteiger partial charge in [-0.25, -0.2) is 0 Å². The first-order chi connectivity index (χ1) is 5.21. The maximum Gasteiger partial charge on any atom is 0.333 e. The van der Waals surface area contributed by atoms with Crippen LogP contribution in [0.15, 0.2) is 0 Å². The molecule has 0 bridgehead atoms. The standard InChI is InChI=1S/C8H18N3O/c1-7(2,9-5)10-8(3,4)11(6)12/h5,10-11H,1-4,6H3/q+1. The zero-order valence-corrected chi connectivity index (χ0v) is 8.43. The van der Waals surface area contributed by atoms with Crippen molar-refractivity contribution < 1.29 is 5.06 Å². The van der Waals surface area contributed by atoms with E-state index in [4.69, 9.17) is 6.57 Å². The molecule has 0 aliphatic rings. The van der Waals surface area contributed by atoms with Crippen LogP contribution in [0.25, 0.3) is 4.85 Å². The van der Waals surface area contributed by atoms with Crippen molar-refractivity contribution in [2.45, 2.75) is 39.0 Å². The Bertz CT molecular complexity index is 191. The molecule has 0 rings (SSSR count). The van der Waals surface area contributed by atoms with E-state index in [0.717, 1.165) is 0 Å². The van der Waals surface area contributed by atoms with E-state index in [1.807, 2.05) is 27.7 Å². The fourth-order valence-corrected chi connectivity index (χ4v) is 0.885. The molecular weight excluding hydrogens is 154 g/mol. The van der Waals surface area contributed by atoms with Gasteiger partial charge in [-0.05, 0) is 0 Å². The highest BCUT2D eigenvalue weighted by atomic mass is 16.5. The minimum absolute atomic E-state index is 0.0687. The van der Waals surface area contributed by atoms with Crippen LogP contribution in [0.4, 0.5) is 0 Å². The van der Waals surface area contributed by atoms with Crippen LogP contribution in [0.2, 0.25) is 0 Å². The second-order valence-electron chi connectivity index (χ2n) is 3.99. The van der Waals surface area contributed by atoms with Crippen molar-refractivity contribution in [3.05, 3.63) is 10.1 Å². The molecule has 0 fully saturated rings. The van der Waals surface area contributed by atoms with E-state index in [0.29, 0.717) is 0 Å². The second kappa shape index (κ2) is 3.40. The minimum Gasteiger partial charge on any atom is -0.633 e. The molecule has 4 heteroatoms. The van der Waals surface area contributed by atoms with E-state index in [2.05, 4.69) is 10.2 Å². The third-order valence-corrected chi connectivity index (χ3v) is 1.82. The summed E-state index contributed by atoms with van der Waals surface area (Å²) < 4.78 is 0. The van der Waals surface area contributed by atoms with Crippen LogP contribution in [0.1, 0.15) is 27.7 Å². The third-order valence-electron chi connectivity index (χ3n) is 1.82. The quantitative estimate of drug-likeness (QED) is 0.466. The Morgan fingerprint density at radius 1 is 1.33 bits per heavy atom. The van der Waals surface area contributed by atoms with E-state index in [-0.39, 0.29) is 5.06 Å². The lowest BCUT2D eigenvalue weighted by Gasteiger charge is -2.36. The molecule has 12 heavy (non-hydrogen) atoms. The average Bonchev–Trinajstić information content (AvgIpc) is 1.85. The summed E-state index contributed by atoms with van der Waals surface area (Å²) in [6.07, 6.45) is 0. The minimum atomic E-state index is -0.577. The molecule has 0 aliphatic carbocycles. The predicted octanol–water partition coefficient (Wildman–Crippen LogP) is 0.0234. The lowest BCUT2D eigenvalue weighted by Crippen LogP contribution is -3.15. The summed E-state index contributed by atoms with van der Waals surface area (Å²) in [5.41, 5.74) is -1.14. The summed E-state index contributed by atoms with van der Waals surface area (Å²) in [4.78, 5) is 3.62. The van der Waals surface area contributed by atoms with Gasteiger partial charge in [0.25, 0.3) is 6.57 Å². The van der Waals surface area contributed by atoms with Crippen LogP contribution < -0.4 is 10.4 Å². The van der Waals surface area contributed by atoms with E-state index >= 15 is 0 Å². The number of hydrogen-bond donors (Lipinski definition) is 2. The number of hydroxylamine groups is 2. The van der Waals surface area contributed by atoms with Gasteiger partial charge in [-0.2, -0.15) is 5.32 Å². The number of nitrogens with zero attached hydrogens (tertiary/aromatic N) is 1. The molecule has 0 saturated heterocycles. The Hall–Kier alpha value is -0.630. The van der Waals surface area contributed by atoms with Gasteiger partial charge in [-0.3, -0.25) is 0 Å². The maximum atomic E-state index is 11.1. The smallest absolute Gasteiger partial charge is 0.333 e. The Morgan fingerprint density at radius 2 is 1.75 bits per heavy atom. The van der Waals surface area contributed by atoms with E-state index < -0.39 is 11.3 Å². The Kier molecular flexibility index (Phi) is 3.22. The summed E-state index contributed by atoms with van der Waals surface area (Å²) in [7, 11) is 1.54. The Labute approximate surface area is 74.0 Å². The molecule has 0 spiro atoms. The molecule has 0 aliphatic heterocycles. The predicted molar refractivity (Wildman–Crippen MR) is 49.9 cm³/mol. The third kappa shape index (κ3) is 3.18. The fourth-order valence-electron chi connectivity index (χ4n) is 0.885. The van der Waals surface area contributed by atoms with Crippen LogP contribution in [0.3, 0.4) is 0 Å². The number of nitrogens with one attached hydrogen (secondary N) is 2. The summed E-state index contributed by atoms with van der Waals surface area (Å²) in [6, 6.07) is 0. The van der Waals surface area contributed by atoms with Gasteiger partial charge in [0, 0.05) is 27.7 Å². The van der Waals surface area contributed by atoms with E-state index in [1.165, 1.54) is 0 Å². The molecular formula is C8H18N3O+. The van der Waals surface area contributed by atoms with Crippen molar-refractivity contribution in [3.63, 3.8) is 0 Å². The normalized spacial score (nSPS) is 15.4. The number of quaternary nitrogens is 1. The van der Waals surface area contributed by atoms with Crippen molar-refractivity contribution in [2.24, 2.45) is 0 Å². The summed E-state index contributed by atoms with van der Waals surface area (Å²) in [6.45, 7) is 12.4. The van der Waals surface area contributed by atoms with E-state index in [9.17, 15) is 5.21 Å². The topological polar surface area (TPSA) is 43.9 Å². The van der Waals surface area contributed by atoms with Crippen LogP contribution >= 0.6 is 0 Å². The highest BCUT2D eigenvalue weighted by Gasteiger charge is 2.37.